The summed E-state index contributed by atoms with van der Waals surface area (Å²) >= 11 is 5.69. The quantitative estimate of drug-likeness (QED) is 0.669. The van der Waals surface area contributed by atoms with Gasteiger partial charge < -0.3 is 5.73 Å². The SMILES string of the molecule is Nc1cc(Cl)ccc1C(=O)c1c(F)cccc1F. The summed E-state index contributed by atoms with van der Waals surface area (Å²) in [6, 6.07) is 7.35. The number of carbonyl (C=O) groups is 1. The van der Waals surface area contributed by atoms with Crippen molar-refractivity contribution in [2.45, 2.75) is 0 Å². The van der Waals surface area contributed by atoms with E-state index < -0.39 is 23.0 Å². The number of nitrogen functional groups attached to an aromatic ring is 1. The summed E-state index contributed by atoms with van der Waals surface area (Å²) < 4.78 is 26.9. The zero-order chi connectivity index (χ0) is 13.3. The number of hydrogen-bond acceptors (Lipinski definition) is 2. The van der Waals surface area contributed by atoms with Crippen molar-refractivity contribution in [3.8, 4) is 0 Å². The topological polar surface area (TPSA) is 43.1 Å². The molecule has 2 N–H and O–H groups in total. The van der Waals surface area contributed by atoms with Gasteiger partial charge >= 0.3 is 0 Å². The first kappa shape index (κ1) is 12.5. The largest absolute Gasteiger partial charge is 0.398 e. The number of anilines is 1. The highest BCUT2D eigenvalue weighted by Crippen LogP contribution is 2.23. The number of carbonyl (C=O) groups excluding carboxylic acids is 1. The lowest BCUT2D eigenvalue weighted by Gasteiger charge is -2.07. The molecule has 0 saturated carbocycles. The molecular weight excluding hydrogens is 260 g/mol. The van der Waals surface area contributed by atoms with Gasteiger partial charge in [0.1, 0.15) is 11.6 Å². The van der Waals surface area contributed by atoms with Gasteiger partial charge in [-0.25, -0.2) is 8.78 Å². The lowest BCUT2D eigenvalue weighted by molar-refractivity contribution is 0.103. The van der Waals surface area contributed by atoms with Crippen LogP contribution in [0.2, 0.25) is 5.02 Å². The van der Waals surface area contributed by atoms with E-state index in [0.717, 1.165) is 12.1 Å². The second kappa shape index (κ2) is 4.74. The fourth-order valence-electron chi connectivity index (χ4n) is 1.59. The molecule has 18 heavy (non-hydrogen) atoms. The van der Waals surface area contributed by atoms with E-state index in [1.54, 1.807) is 0 Å². The molecule has 5 heteroatoms. The van der Waals surface area contributed by atoms with Gasteiger partial charge in [0.25, 0.3) is 0 Å². The third-order valence-corrected chi connectivity index (χ3v) is 2.68. The summed E-state index contributed by atoms with van der Waals surface area (Å²) in [6.07, 6.45) is 0. The van der Waals surface area contributed by atoms with Crippen LogP contribution in [0.1, 0.15) is 15.9 Å². The molecule has 2 rings (SSSR count). The number of rotatable bonds is 2. The van der Waals surface area contributed by atoms with Gasteiger partial charge in [0.05, 0.1) is 5.56 Å². The van der Waals surface area contributed by atoms with Gasteiger partial charge in [-0.15, -0.1) is 0 Å². The van der Waals surface area contributed by atoms with E-state index in [2.05, 4.69) is 0 Å². The van der Waals surface area contributed by atoms with Crippen LogP contribution in [-0.2, 0) is 0 Å². The Kier molecular flexibility index (Phi) is 3.30. The van der Waals surface area contributed by atoms with Crippen molar-refractivity contribution >= 4 is 23.1 Å². The Morgan fingerprint density at radius 1 is 1.11 bits per heavy atom. The van der Waals surface area contributed by atoms with Gasteiger partial charge in [-0.05, 0) is 30.3 Å². The predicted molar refractivity (Wildman–Crippen MR) is 65.7 cm³/mol. The Balaban J connectivity index is 2.55. The van der Waals surface area contributed by atoms with Crippen molar-refractivity contribution in [3.63, 3.8) is 0 Å². The van der Waals surface area contributed by atoms with Crippen LogP contribution in [0.15, 0.2) is 36.4 Å². The van der Waals surface area contributed by atoms with Crippen molar-refractivity contribution in [2.24, 2.45) is 0 Å². The molecule has 0 saturated heterocycles. The van der Waals surface area contributed by atoms with Gasteiger partial charge in [-0.1, -0.05) is 17.7 Å². The Hall–Kier alpha value is -1.94. The molecule has 0 radical (unpaired) electrons. The minimum Gasteiger partial charge on any atom is -0.398 e. The first-order chi connectivity index (χ1) is 8.50. The smallest absolute Gasteiger partial charge is 0.201 e. The summed E-state index contributed by atoms with van der Waals surface area (Å²) in [6.45, 7) is 0. The molecule has 2 aromatic carbocycles. The molecule has 0 aliphatic carbocycles. The van der Waals surface area contributed by atoms with Gasteiger partial charge in [-0.2, -0.15) is 0 Å². The maximum Gasteiger partial charge on any atom is 0.201 e. The van der Waals surface area contributed by atoms with Gasteiger partial charge in [-0.3, -0.25) is 4.79 Å². The Morgan fingerprint density at radius 2 is 1.72 bits per heavy atom. The lowest BCUT2D eigenvalue weighted by atomic mass is 10.0. The number of ketones is 1. The minimum absolute atomic E-state index is 0.0170. The molecule has 92 valence electrons. The van der Waals surface area contributed by atoms with Crippen LogP contribution < -0.4 is 5.73 Å². The number of benzene rings is 2. The van der Waals surface area contributed by atoms with E-state index in [9.17, 15) is 13.6 Å². The average molecular weight is 268 g/mol. The maximum atomic E-state index is 13.5. The van der Waals surface area contributed by atoms with E-state index in [1.165, 1.54) is 24.3 Å². The minimum atomic E-state index is -0.922. The van der Waals surface area contributed by atoms with Crippen LogP contribution in [0.4, 0.5) is 14.5 Å². The molecule has 0 aliphatic heterocycles. The molecule has 0 amide bonds. The zero-order valence-corrected chi connectivity index (χ0v) is 9.84. The first-order valence-electron chi connectivity index (χ1n) is 5.04. The molecule has 0 fully saturated rings. The molecule has 0 spiro atoms. The van der Waals surface area contributed by atoms with Crippen molar-refractivity contribution in [1.29, 1.82) is 0 Å². The Labute approximate surface area is 107 Å². The van der Waals surface area contributed by atoms with E-state index in [4.69, 9.17) is 17.3 Å². The van der Waals surface area contributed by atoms with Crippen LogP contribution in [0.3, 0.4) is 0 Å². The summed E-state index contributed by atoms with van der Waals surface area (Å²) in [4.78, 5) is 12.0. The number of halogens is 3. The molecular formula is C13H8ClF2NO. The second-order valence-electron chi connectivity index (χ2n) is 3.66. The maximum absolute atomic E-state index is 13.5. The third-order valence-electron chi connectivity index (χ3n) is 2.45. The molecule has 0 heterocycles. The molecule has 2 nitrogen and oxygen atoms in total. The molecule has 0 bridgehead atoms. The second-order valence-corrected chi connectivity index (χ2v) is 4.09. The fraction of sp³-hybridized carbons (Fsp3) is 0. The standard InChI is InChI=1S/C13H8ClF2NO/c14-7-4-5-8(11(17)6-7)13(18)12-9(15)2-1-3-10(12)16/h1-6H,17H2. The fourth-order valence-corrected chi connectivity index (χ4v) is 1.77. The van der Waals surface area contributed by atoms with Crippen molar-refractivity contribution in [3.05, 3.63) is 64.2 Å². The third kappa shape index (κ3) is 2.19. The molecule has 0 atom stereocenters. The van der Waals surface area contributed by atoms with Crippen molar-refractivity contribution in [1.82, 2.24) is 0 Å². The van der Waals surface area contributed by atoms with Crippen molar-refractivity contribution in [2.75, 3.05) is 5.73 Å². The average Bonchev–Trinajstić information content (AvgIpc) is 2.28. The summed E-state index contributed by atoms with van der Waals surface area (Å²) in [5.41, 5.74) is 5.09. The van der Waals surface area contributed by atoms with E-state index in [0.29, 0.717) is 5.02 Å². The van der Waals surface area contributed by atoms with Crippen LogP contribution >= 0.6 is 11.6 Å². The van der Waals surface area contributed by atoms with E-state index in [1.807, 2.05) is 0 Å². The van der Waals surface area contributed by atoms with Crippen LogP contribution in [-0.4, -0.2) is 5.78 Å². The predicted octanol–water partition coefficient (Wildman–Crippen LogP) is 3.43. The highest BCUT2D eigenvalue weighted by molar-refractivity contribution is 6.31. The number of hydrogen-bond donors (Lipinski definition) is 1. The lowest BCUT2D eigenvalue weighted by Crippen LogP contribution is -2.09. The highest BCUT2D eigenvalue weighted by Gasteiger charge is 2.20. The summed E-state index contributed by atoms with van der Waals surface area (Å²) in [5, 5.41) is 0.345. The Bertz CT molecular complexity index is 608. The van der Waals surface area contributed by atoms with Crippen LogP contribution in [0.25, 0.3) is 0 Å². The van der Waals surface area contributed by atoms with Crippen LogP contribution in [0.5, 0.6) is 0 Å². The number of nitrogens with two attached hydrogens (primary N) is 1. The highest BCUT2D eigenvalue weighted by atomic mass is 35.5. The van der Waals surface area contributed by atoms with Gasteiger partial charge in [0.15, 0.2) is 0 Å². The van der Waals surface area contributed by atoms with Crippen molar-refractivity contribution < 1.29 is 13.6 Å². The summed E-state index contributed by atoms with van der Waals surface area (Å²) in [7, 11) is 0. The Morgan fingerprint density at radius 3 is 2.28 bits per heavy atom. The normalized spacial score (nSPS) is 10.4. The summed E-state index contributed by atoms with van der Waals surface area (Å²) in [5.74, 6) is -2.65. The molecule has 2 aromatic rings. The molecule has 0 aromatic heterocycles. The van der Waals surface area contributed by atoms with E-state index >= 15 is 0 Å². The zero-order valence-electron chi connectivity index (χ0n) is 9.08. The van der Waals surface area contributed by atoms with E-state index in [-0.39, 0.29) is 11.3 Å². The van der Waals surface area contributed by atoms with Crippen LogP contribution in [0, 0.1) is 11.6 Å². The molecule has 0 aliphatic rings. The first-order valence-corrected chi connectivity index (χ1v) is 5.42. The monoisotopic (exact) mass is 267 g/mol. The molecule has 0 unspecified atom stereocenters. The van der Waals surface area contributed by atoms with Gasteiger partial charge in [0, 0.05) is 16.3 Å². The van der Waals surface area contributed by atoms with Gasteiger partial charge in [0.2, 0.25) is 5.78 Å².